The summed E-state index contributed by atoms with van der Waals surface area (Å²) in [5, 5.41) is 13.6. The largest absolute Gasteiger partial charge is 0.388 e. The van der Waals surface area contributed by atoms with Crippen LogP contribution in [-0.4, -0.2) is 12.0 Å². The Kier molecular flexibility index (Phi) is 3.05. The van der Waals surface area contributed by atoms with Crippen molar-refractivity contribution in [1.29, 1.82) is 0 Å². The van der Waals surface area contributed by atoms with Crippen molar-refractivity contribution in [3.05, 3.63) is 58.6 Å². The molecule has 0 heterocycles. The van der Waals surface area contributed by atoms with Crippen LogP contribution in [0, 0.1) is 10.1 Å². The summed E-state index contributed by atoms with van der Waals surface area (Å²) in [5.41, 5.74) is 3.16. The van der Waals surface area contributed by atoms with Gasteiger partial charge in [-0.25, -0.2) is 0 Å². The molecule has 2 aromatic carbocycles. The summed E-state index contributed by atoms with van der Waals surface area (Å²) in [7, 11) is 1.86. The Morgan fingerprint density at radius 1 is 0.941 bits per heavy atom. The molecule has 86 valence electrons. The molecule has 0 spiro atoms. The highest BCUT2D eigenvalue weighted by Crippen LogP contribution is 2.23. The lowest BCUT2D eigenvalue weighted by molar-refractivity contribution is -0.384. The van der Waals surface area contributed by atoms with E-state index in [1.54, 1.807) is 12.1 Å². The Labute approximate surface area is 99.1 Å². The van der Waals surface area contributed by atoms with E-state index in [9.17, 15) is 10.1 Å². The average Bonchev–Trinajstić information content (AvgIpc) is 2.39. The fraction of sp³-hybridized carbons (Fsp3) is 0.0769. The summed E-state index contributed by atoms with van der Waals surface area (Å²) < 4.78 is 0. The lowest BCUT2D eigenvalue weighted by Crippen LogP contribution is -1.88. The smallest absolute Gasteiger partial charge is 0.269 e. The van der Waals surface area contributed by atoms with E-state index in [0.29, 0.717) is 0 Å². The second-order valence-electron chi connectivity index (χ2n) is 3.63. The highest BCUT2D eigenvalue weighted by atomic mass is 16.6. The van der Waals surface area contributed by atoms with Crippen molar-refractivity contribution in [2.45, 2.75) is 0 Å². The maximum atomic E-state index is 10.5. The van der Waals surface area contributed by atoms with E-state index >= 15 is 0 Å². The van der Waals surface area contributed by atoms with Crippen molar-refractivity contribution in [3.8, 4) is 11.1 Å². The van der Waals surface area contributed by atoms with Crippen LogP contribution in [0.4, 0.5) is 11.4 Å². The van der Waals surface area contributed by atoms with Crippen LogP contribution in [0.25, 0.3) is 11.1 Å². The molecule has 2 rings (SSSR count). The standard InChI is InChI=1S/C13H12N2O2/c1-14-12-6-2-10(3-7-12)11-4-8-13(9-5-11)15(16)17/h2-9,14H,1H3. The molecule has 0 fully saturated rings. The molecule has 17 heavy (non-hydrogen) atoms. The Hall–Kier alpha value is -2.36. The molecular weight excluding hydrogens is 216 g/mol. The minimum absolute atomic E-state index is 0.112. The molecule has 0 radical (unpaired) electrons. The first-order valence-electron chi connectivity index (χ1n) is 5.23. The topological polar surface area (TPSA) is 55.2 Å². The number of nitrogens with zero attached hydrogens (tertiary/aromatic N) is 1. The van der Waals surface area contributed by atoms with Crippen molar-refractivity contribution in [1.82, 2.24) is 0 Å². The number of benzene rings is 2. The van der Waals surface area contributed by atoms with Crippen molar-refractivity contribution in [2.24, 2.45) is 0 Å². The van der Waals surface area contributed by atoms with E-state index in [-0.39, 0.29) is 5.69 Å². The van der Waals surface area contributed by atoms with Crippen LogP contribution < -0.4 is 5.32 Å². The van der Waals surface area contributed by atoms with Gasteiger partial charge in [0.2, 0.25) is 0 Å². The lowest BCUT2D eigenvalue weighted by atomic mass is 10.1. The molecule has 0 saturated carbocycles. The van der Waals surface area contributed by atoms with Crippen molar-refractivity contribution in [2.75, 3.05) is 12.4 Å². The number of non-ortho nitro benzene ring substituents is 1. The van der Waals surface area contributed by atoms with Gasteiger partial charge in [0.05, 0.1) is 4.92 Å². The molecule has 0 aromatic heterocycles. The molecular formula is C13H12N2O2. The maximum Gasteiger partial charge on any atom is 0.269 e. The van der Waals surface area contributed by atoms with Gasteiger partial charge in [0, 0.05) is 24.9 Å². The predicted molar refractivity (Wildman–Crippen MR) is 68.1 cm³/mol. The highest BCUT2D eigenvalue weighted by molar-refractivity contribution is 5.67. The second-order valence-corrected chi connectivity index (χ2v) is 3.63. The van der Waals surface area contributed by atoms with Crippen LogP contribution >= 0.6 is 0 Å². The average molecular weight is 228 g/mol. The van der Waals surface area contributed by atoms with Gasteiger partial charge in [0.15, 0.2) is 0 Å². The zero-order valence-corrected chi connectivity index (χ0v) is 9.38. The van der Waals surface area contributed by atoms with Crippen LogP contribution in [0.2, 0.25) is 0 Å². The molecule has 0 unspecified atom stereocenters. The first kappa shape index (κ1) is 11.1. The van der Waals surface area contributed by atoms with Gasteiger partial charge in [-0.1, -0.05) is 12.1 Å². The molecule has 0 amide bonds. The predicted octanol–water partition coefficient (Wildman–Crippen LogP) is 3.30. The van der Waals surface area contributed by atoms with E-state index in [2.05, 4.69) is 5.32 Å². The third-order valence-electron chi connectivity index (χ3n) is 2.59. The Balaban J connectivity index is 2.29. The van der Waals surface area contributed by atoms with Gasteiger partial charge in [-0.2, -0.15) is 0 Å². The van der Waals surface area contributed by atoms with Gasteiger partial charge in [-0.15, -0.1) is 0 Å². The molecule has 0 bridgehead atoms. The van der Waals surface area contributed by atoms with E-state index in [0.717, 1.165) is 16.8 Å². The molecule has 0 aliphatic carbocycles. The van der Waals surface area contributed by atoms with E-state index in [1.165, 1.54) is 12.1 Å². The van der Waals surface area contributed by atoms with E-state index in [1.807, 2.05) is 31.3 Å². The van der Waals surface area contributed by atoms with Crippen molar-refractivity contribution < 1.29 is 4.92 Å². The van der Waals surface area contributed by atoms with Crippen LogP contribution in [0.5, 0.6) is 0 Å². The van der Waals surface area contributed by atoms with Gasteiger partial charge >= 0.3 is 0 Å². The summed E-state index contributed by atoms with van der Waals surface area (Å²) in [6.45, 7) is 0. The zero-order valence-electron chi connectivity index (χ0n) is 9.38. The fourth-order valence-electron chi connectivity index (χ4n) is 1.60. The number of hydrogen-bond acceptors (Lipinski definition) is 3. The summed E-state index contributed by atoms with van der Waals surface area (Å²) in [5.74, 6) is 0. The molecule has 1 N–H and O–H groups in total. The molecule has 0 aliphatic rings. The molecule has 2 aromatic rings. The van der Waals surface area contributed by atoms with E-state index < -0.39 is 4.92 Å². The fourth-order valence-corrected chi connectivity index (χ4v) is 1.60. The van der Waals surface area contributed by atoms with Gasteiger partial charge < -0.3 is 5.32 Å². The Bertz CT molecular complexity index is 518. The summed E-state index contributed by atoms with van der Waals surface area (Å²) in [4.78, 5) is 10.1. The normalized spacial score (nSPS) is 9.94. The Morgan fingerprint density at radius 2 is 1.41 bits per heavy atom. The molecule has 0 aliphatic heterocycles. The first-order valence-corrected chi connectivity index (χ1v) is 5.23. The van der Waals surface area contributed by atoms with Crippen molar-refractivity contribution in [3.63, 3.8) is 0 Å². The van der Waals surface area contributed by atoms with Gasteiger partial charge in [0.1, 0.15) is 0 Å². The third-order valence-corrected chi connectivity index (χ3v) is 2.59. The van der Waals surface area contributed by atoms with Gasteiger partial charge in [0.25, 0.3) is 5.69 Å². The van der Waals surface area contributed by atoms with Crippen molar-refractivity contribution >= 4 is 11.4 Å². The number of anilines is 1. The highest BCUT2D eigenvalue weighted by Gasteiger charge is 2.04. The zero-order chi connectivity index (χ0) is 12.3. The number of nitrogens with one attached hydrogen (secondary N) is 1. The summed E-state index contributed by atoms with van der Waals surface area (Å²) in [6.07, 6.45) is 0. The number of hydrogen-bond donors (Lipinski definition) is 1. The minimum atomic E-state index is -0.395. The quantitative estimate of drug-likeness (QED) is 0.647. The van der Waals surface area contributed by atoms with Crippen LogP contribution in [0.1, 0.15) is 0 Å². The second kappa shape index (κ2) is 4.65. The van der Waals surface area contributed by atoms with Crippen LogP contribution in [0.15, 0.2) is 48.5 Å². The first-order chi connectivity index (χ1) is 8.20. The SMILES string of the molecule is CNc1ccc(-c2ccc([N+](=O)[O-])cc2)cc1. The molecule has 0 saturated heterocycles. The van der Waals surface area contributed by atoms with Gasteiger partial charge in [-0.05, 0) is 35.4 Å². The van der Waals surface area contributed by atoms with E-state index in [4.69, 9.17) is 0 Å². The lowest BCUT2D eigenvalue weighted by Gasteiger charge is -2.03. The molecule has 4 nitrogen and oxygen atoms in total. The van der Waals surface area contributed by atoms with Crippen LogP contribution in [0.3, 0.4) is 0 Å². The third kappa shape index (κ3) is 2.42. The van der Waals surface area contributed by atoms with Crippen LogP contribution in [-0.2, 0) is 0 Å². The summed E-state index contributed by atoms with van der Waals surface area (Å²) in [6, 6.07) is 14.4. The Morgan fingerprint density at radius 3 is 1.82 bits per heavy atom. The number of nitro benzene ring substituents is 1. The number of rotatable bonds is 3. The summed E-state index contributed by atoms with van der Waals surface area (Å²) >= 11 is 0. The minimum Gasteiger partial charge on any atom is -0.388 e. The van der Waals surface area contributed by atoms with Gasteiger partial charge in [-0.3, -0.25) is 10.1 Å². The maximum absolute atomic E-state index is 10.5. The molecule has 0 atom stereocenters. The number of nitro groups is 1. The molecule has 4 heteroatoms. The monoisotopic (exact) mass is 228 g/mol.